The lowest BCUT2D eigenvalue weighted by atomic mass is 9.47. The molecular formula is C19H29O5P. The summed E-state index contributed by atoms with van der Waals surface area (Å²) in [7, 11) is -4.45. The molecule has 0 bridgehead atoms. The largest absolute Gasteiger partial charge is 0.469 e. The van der Waals surface area contributed by atoms with Crippen LogP contribution in [0.5, 0.6) is 0 Å². The van der Waals surface area contributed by atoms with Crippen molar-refractivity contribution in [3.63, 3.8) is 0 Å². The highest BCUT2D eigenvalue weighted by atomic mass is 31.2. The van der Waals surface area contributed by atoms with Gasteiger partial charge in [-0.3, -0.25) is 9.32 Å². The van der Waals surface area contributed by atoms with E-state index >= 15 is 0 Å². The zero-order valence-corrected chi connectivity index (χ0v) is 16.0. The first-order chi connectivity index (χ1) is 11.6. The highest BCUT2D eigenvalue weighted by Gasteiger charge is 2.60. The van der Waals surface area contributed by atoms with Gasteiger partial charge in [-0.1, -0.05) is 19.4 Å². The minimum Gasteiger partial charge on any atom is -0.303 e. The molecule has 0 aromatic carbocycles. The van der Waals surface area contributed by atoms with Crippen LogP contribution in [0.3, 0.4) is 0 Å². The van der Waals surface area contributed by atoms with Gasteiger partial charge in [0.2, 0.25) is 0 Å². The van der Waals surface area contributed by atoms with Crippen molar-refractivity contribution in [1.29, 1.82) is 0 Å². The number of carbonyl (C=O) groups excluding carboxylic acids is 1. The molecule has 4 aliphatic carbocycles. The molecule has 0 radical (unpaired) electrons. The second-order valence-electron chi connectivity index (χ2n) is 9.18. The summed E-state index contributed by atoms with van der Waals surface area (Å²) in [4.78, 5) is 30.4. The van der Waals surface area contributed by atoms with Crippen LogP contribution in [-0.2, 0) is 13.9 Å². The van der Waals surface area contributed by atoms with Gasteiger partial charge in [0.1, 0.15) is 0 Å². The van der Waals surface area contributed by atoms with Crippen LogP contribution in [0.1, 0.15) is 65.2 Å². The van der Waals surface area contributed by atoms with E-state index in [4.69, 9.17) is 4.52 Å². The van der Waals surface area contributed by atoms with Crippen LogP contribution in [0.25, 0.3) is 0 Å². The van der Waals surface area contributed by atoms with Gasteiger partial charge in [-0.15, -0.1) is 0 Å². The Morgan fingerprint density at radius 1 is 1.08 bits per heavy atom. The van der Waals surface area contributed by atoms with Gasteiger partial charge in [-0.05, 0) is 79.6 Å². The normalized spacial score (nSPS) is 46.9. The van der Waals surface area contributed by atoms with E-state index in [9.17, 15) is 19.1 Å². The molecule has 4 rings (SSSR count). The summed E-state index contributed by atoms with van der Waals surface area (Å²) >= 11 is 0. The van der Waals surface area contributed by atoms with Crippen LogP contribution >= 0.6 is 7.82 Å². The predicted molar refractivity (Wildman–Crippen MR) is 93.6 cm³/mol. The lowest BCUT2D eigenvalue weighted by Crippen LogP contribution is -2.51. The molecule has 4 aliphatic rings. The van der Waals surface area contributed by atoms with Crippen molar-refractivity contribution < 1.29 is 23.7 Å². The van der Waals surface area contributed by atoms with Gasteiger partial charge in [0.05, 0.1) is 6.10 Å². The smallest absolute Gasteiger partial charge is 0.303 e. The number of ketones is 1. The Balaban J connectivity index is 1.61. The number of hydrogen-bond acceptors (Lipinski definition) is 3. The molecule has 0 aromatic heterocycles. The third-order valence-corrected chi connectivity index (χ3v) is 8.67. The van der Waals surface area contributed by atoms with Gasteiger partial charge in [0.25, 0.3) is 0 Å². The molecule has 5 nitrogen and oxygen atoms in total. The third-order valence-electron chi connectivity index (χ3n) is 8.14. The predicted octanol–water partition coefficient (Wildman–Crippen LogP) is 4.00. The molecule has 0 spiro atoms. The van der Waals surface area contributed by atoms with E-state index in [1.54, 1.807) is 0 Å². The average Bonchev–Trinajstić information content (AvgIpc) is 2.83. The van der Waals surface area contributed by atoms with Crippen LogP contribution in [0.4, 0.5) is 0 Å². The Bertz CT molecular complexity index is 667. The van der Waals surface area contributed by atoms with Crippen LogP contribution in [0.2, 0.25) is 0 Å². The van der Waals surface area contributed by atoms with Gasteiger partial charge in [-0.25, -0.2) is 4.57 Å². The standard InChI is InChI=1S/C19H29O5P/c1-18-9-7-13(20)11-12(18)3-4-14-15-5-6-17(24-25(21,22)23)19(15,2)10-8-16(14)18/h11,14-17H,3-10H2,1-2H3,(H2,21,22,23)/t14-,15+,16-,17-,18+,19+/m1/s1. The maximum atomic E-state index is 11.9. The summed E-state index contributed by atoms with van der Waals surface area (Å²) in [5.41, 5.74) is 1.36. The van der Waals surface area contributed by atoms with E-state index in [1.807, 2.05) is 6.08 Å². The summed E-state index contributed by atoms with van der Waals surface area (Å²) in [6, 6.07) is 0. The topological polar surface area (TPSA) is 83.8 Å². The van der Waals surface area contributed by atoms with E-state index < -0.39 is 7.82 Å². The third kappa shape index (κ3) is 2.79. The number of carbonyl (C=O) groups is 1. The first kappa shape index (κ1) is 17.9. The Hall–Kier alpha value is -0.480. The second kappa shape index (κ2) is 5.76. The fourth-order valence-corrected chi connectivity index (χ4v) is 7.53. The molecule has 0 unspecified atom stereocenters. The van der Waals surface area contributed by atoms with Gasteiger partial charge < -0.3 is 9.79 Å². The summed E-state index contributed by atoms with van der Waals surface area (Å²) in [6.07, 6.45) is 9.08. The molecule has 140 valence electrons. The molecule has 0 heterocycles. The van der Waals surface area contributed by atoms with E-state index in [0.29, 0.717) is 24.2 Å². The number of phosphoric acid groups is 1. The van der Waals surface area contributed by atoms with E-state index in [0.717, 1.165) is 44.9 Å². The van der Waals surface area contributed by atoms with Gasteiger partial charge in [0, 0.05) is 6.42 Å². The Morgan fingerprint density at radius 2 is 1.84 bits per heavy atom. The molecular weight excluding hydrogens is 339 g/mol. The molecule has 0 amide bonds. The maximum absolute atomic E-state index is 11.9. The number of phosphoric ester groups is 1. The van der Waals surface area contributed by atoms with Crippen LogP contribution in [0.15, 0.2) is 11.6 Å². The summed E-state index contributed by atoms with van der Waals surface area (Å²) in [5.74, 6) is 1.92. The number of fused-ring (bicyclic) bond motifs is 5. The highest BCUT2D eigenvalue weighted by molar-refractivity contribution is 7.46. The van der Waals surface area contributed by atoms with Crippen LogP contribution in [0, 0.1) is 28.6 Å². The summed E-state index contributed by atoms with van der Waals surface area (Å²) in [5, 5.41) is 0. The van der Waals surface area contributed by atoms with Crippen LogP contribution in [-0.4, -0.2) is 21.7 Å². The molecule has 6 atom stereocenters. The molecule has 6 heteroatoms. The van der Waals surface area contributed by atoms with Crippen molar-refractivity contribution >= 4 is 13.6 Å². The molecule has 2 N–H and O–H groups in total. The molecule has 3 fully saturated rings. The first-order valence-electron chi connectivity index (χ1n) is 9.61. The lowest BCUT2D eigenvalue weighted by Gasteiger charge is -2.57. The van der Waals surface area contributed by atoms with Crippen molar-refractivity contribution in [2.45, 2.75) is 71.3 Å². The highest BCUT2D eigenvalue weighted by Crippen LogP contribution is 2.66. The van der Waals surface area contributed by atoms with Crippen molar-refractivity contribution in [2.24, 2.45) is 28.6 Å². The second-order valence-corrected chi connectivity index (χ2v) is 10.4. The SMILES string of the molecule is C[C@]12CC[C@@H]3[C@H](CCC4=CC(=O)CC[C@@]43C)[C@@H]1CC[C@H]2OP(=O)(O)O. The number of hydrogen-bond donors (Lipinski definition) is 2. The molecule has 0 saturated heterocycles. The fourth-order valence-electron chi connectivity index (χ4n) is 6.85. The number of allylic oxidation sites excluding steroid dienone is 1. The Labute approximate surface area is 149 Å². The lowest BCUT2D eigenvalue weighted by molar-refractivity contribution is -0.117. The Morgan fingerprint density at radius 3 is 2.56 bits per heavy atom. The quantitative estimate of drug-likeness (QED) is 0.720. The fraction of sp³-hybridized carbons (Fsp3) is 0.842. The van der Waals surface area contributed by atoms with Crippen molar-refractivity contribution in [2.75, 3.05) is 0 Å². The Kier molecular flexibility index (Phi) is 4.12. The van der Waals surface area contributed by atoms with E-state index in [-0.39, 0.29) is 22.7 Å². The minimum atomic E-state index is -4.45. The van der Waals surface area contributed by atoms with E-state index in [1.165, 1.54) is 5.57 Å². The average molecular weight is 368 g/mol. The van der Waals surface area contributed by atoms with Gasteiger partial charge >= 0.3 is 7.82 Å². The monoisotopic (exact) mass is 368 g/mol. The minimum absolute atomic E-state index is 0.135. The summed E-state index contributed by atoms with van der Waals surface area (Å²) < 4.78 is 16.6. The summed E-state index contributed by atoms with van der Waals surface area (Å²) in [6.45, 7) is 4.53. The van der Waals surface area contributed by atoms with E-state index in [2.05, 4.69) is 13.8 Å². The maximum Gasteiger partial charge on any atom is 0.469 e. The number of rotatable bonds is 2. The van der Waals surface area contributed by atoms with Crippen LogP contribution < -0.4 is 0 Å². The van der Waals surface area contributed by atoms with Gasteiger partial charge in [0.15, 0.2) is 5.78 Å². The zero-order chi connectivity index (χ0) is 18.0. The van der Waals surface area contributed by atoms with Crippen molar-refractivity contribution in [1.82, 2.24) is 0 Å². The molecule has 0 aromatic rings. The van der Waals surface area contributed by atoms with Gasteiger partial charge in [-0.2, -0.15) is 0 Å². The van der Waals surface area contributed by atoms with Crippen molar-refractivity contribution in [3.05, 3.63) is 11.6 Å². The first-order valence-corrected chi connectivity index (χ1v) is 11.1. The zero-order valence-electron chi connectivity index (χ0n) is 15.1. The van der Waals surface area contributed by atoms with Crippen molar-refractivity contribution in [3.8, 4) is 0 Å². The molecule has 25 heavy (non-hydrogen) atoms. The molecule has 3 saturated carbocycles. The molecule has 0 aliphatic heterocycles.